The Labute approximate surface area is 132 Å². The van der Waals surface area contributed by atoms with Gasteiger partial charge < -0.3 is 4.57 Å². The highest BCUT2D eigenvalue weighted by molar-refractivity contribution is 7.88. The fraction of sp³-hybridized carbons (Fsp3) is 0.412. The van der Waals surface area contributed by atoms with Gasteiger partial charge in [-0.2, -0.15) is 4.31 Å². The van der Waals surface area contributed by atoms with Crippen LogP contribution in [0.3, 0.4) is 0 Å². The molecule has 118 valence electrons. The Morgan fingerprint density at radius 2 is 2.00 bits per heavy atom. The van der Waals surface area contributed by atoms with Crippen LogP contribution in [0.4, 0.5) is 0 Å². The maximum absolute atomic E-state index is 12.8. The second-order valence-electron chi connectivity index (χ2n) is 6.13. The smallest absolute Gasteiger partial charge is 0.218 e. The molecular weight excluding hydrogens is 296 g/mol. The van der Waals surface area contributed by atoms with Gasteiger partial charge in [0.15, 0.2) is 0 Å². The molecule has 0 spiro atoms. The summed E-state index contributed by atoms with van der Waals surface area (Å²) in [7, 11) is -1.35. The van der Waals surface area contributed by atoms with Crippen molar-refractivity contribution in [2.45, 2.75) is 38.1 Å². The lowest BCUT2D eigenvalue weighted by molar-refractivity contribution is 0.389. The molecule has 0 atom stereocenters. The molecule has 0 N–H and O–H groups in total. The Morgan fingerprint density at radius 3 is 2.59 bits per heavy atom. The van der Waals surface area contributed by atoms with Crippen molar-refractivity contribution in [1.29, 1.82) is 0 Å². The average Bonchev–Trinajstić information content (AvgIpc) is 3.19. The SMILES string of the molecule is Cc1cccc(CS(=O)(=O)N(Cc2cccn2C)C2CC2)c1. The summed E-state index contributed by atoms with van der Waals surface area (Å²) in [5.41, 5.74) is 2.98. The fourth-order valence-corrected chi connectivity index (χ4v) is 4.49. The molecule has 3 rings (SSSR count). The number of rotatable bonds is 6. The average molecular weight is 318 g/mol. The number of sulfonamides is 1. The molecule has 1 saturated carbocycles. The molecule has 1 aliphatic carbocycles. The van der Waals surface area contributed by atoms with Gasteiger partial charge in [0.25, 0.3) is 0 Å². The summed E-state index contributed by atoms with van der Waals surface area (Å²) in [6, 6.07) is 11.8. The van der Waals surface area contributed by atoms with Gasteiger partial charge in [0, 0.05) is 25.0 Å². The molecule has 4 nitrogen and oxygen atoms in total. The number of aromatic nitrogens is 1. The first kappa shape index (κ1) is 15.3. The molecule has 0 bridgehead atoms. The summed E-state index contributed by atoms with van der Waals surface area (Å²) in [6.07, 6.45) is 3.89. The van der Waals surface area contributed by atoms with E-state index >= 15 is 0 Å². The zero-order chi connectivity index (χ0) is 15.7. The van der Waals surface area contributed by atoms with Crippen LogP contribution in [0.25, 0.3) is 0 Å². The molecule has 0 amide bonds. The van der Waals surface area contributed by atoms with E-state index in [-0.39, 0.29) is 11.8 Å². The molecule has 5 heteroatoms. The van der Waals surface area contributed by atoms with Gasteiger partial charge in [-0.15, -0.1) is 0 Å². The van der Waals surface area contributed by atoms with E-state index in [1.165, 1.54) is 0 Å². The topological polar surface area (TPSA) is 42.3 Å². The predicted octanol–water partition coefficient (Wildman–Crippen LogP) is 2.83. The molecule has 0 aliphatic heterocycles. The van der Waals surface area contributed by atoms with Crippen molar-refractivity contribution in [3.05, 3.63) is 59.4 Å². The number of hydrogen-bond donors (Lipinski definition) is 0. The highest BCUT2D eigenvalue weighted by Gasteiger charge is 2.37. The third kappa shape index (κ3) is 3.42. The van der Waals surface area contributed by atoms with Crippen molar-refractivity contribution < 1.29 is 8.42 Å². The summed E-state index contributed by atoms with van der Waals surface area (Å²) in [4.78, 5) is 0. The maximum atomic E-state index is 12.8. The summed E-state index contributed by atoms with van der Waals surface area (Å²) in [5.74, 6) is 0.0790. The Kier molecular flexibility index (Phi) is 4.10. The molecule has 1 fully saturated rings. The lowest BCUT2D eigenvalue weighted by Crippen LogP contribution is -2.34. The molecule has 0 radical (unpaired) electrons. The van der Waals surface area contributed by atoms with Crippen molar-refractivity contribution in [1.82, 2.24) is 8.87 Å². The molecule has 22 heavy (non-hydrogen) atoms. The first-order valence-electron chi connectivity index (χ1n) is 7.61. The molecule has 1 heterocycles. The summed E-state index contributed by atoms with van der Waals surface area (Å²) < 4.78 is 29.4. The van der Waals surface area contributed by atoms with Crippen LogP contribution in [0.1, 0.15) is 29.7 Å². The Bertz CT molecular complexity index is 760. The van der Waals surface area contributed by atoms with Gasteiger partial charge in [-0.25, -0.2) is 8.42 Å². The van der Waals surface area contributed by atoms with E-state index in [1.54, 1.807) is 4.31 Å². The van der Waals surface area contributed by atoms with Crippen LogP contribution in [0, 0.1) is 6.92 Å². The van der Waals surface area contributed by atoms with Gasteiger partial charge >= 0.3 is 0 Å². The number of hydrogen-bond acceptors (Lipinski definition) is 2. The van der Waals surface area contributed by atoms with E-state index in [9.17, 15) is 8.42 Å². The predicted molar refractivity (Wildman–Crippen MR) is 87.8 cm³/mol. The van der Waals surface area contributed by atoms with Crippen LogP contribution in [0.2, 0.25) is 0 Å². The minimum atomic E-state index is -3.30. The van der Waals surface area contributed by atoms with Crippen LogP contribution in [-0.2, 0) is 29.4 Å². The lowest BCUT2D eigenvalue weighted by Gasteiger charge is -2.22. The van der Waals surface area contributed by atoms with E-state index in [0.717, 1.165) is 29.7 Å². The van der Waals surface area contributed by atoms with Gasteiger partial charge in [-0.1, -0.05) is 29.8 Å². The second kappa shape index (κ2) is 5.89. The zero-order valence-electron chi connectivity index (χ0n) is 13.1. The fourth-order valence-electron chi connectivity index (χ4n) is 2.73. The van der Waals surface area contributed by atoms with Crippen LogP contribution in [0.15, 0.2) is 42.6 Å². The summed E-state index contributed by atoms with van der Waals surface area (Å²) in [6.45, 7) is 2.45. The quantitative estimate of drug-likeness (QED) is 0.822. The van der Waals surface area contributed by atoms with E-state index in [2.05, 4.69) is 0 Å². The van der Waals surface area contributed by atoms with Crippen molar-refractivity contribution in [2.24, 2.45) is 7.05 Å². The van der Waals surface area contributed by atoms with E-state index < -0.39 is 10.0 Å². The van der Waals surface area contributed by atoms with E-state index in [4.69, 9.17) is 0 Å². The molecular formula is C17H22N2O2S. The third-order valence-electron chi connectivity index (χ3n) is 4.11. The van der Waals surface area contributed by atoms with E-state index in [0.29, 0.717) is 6.54 Å². The van der Waals surface area contributed by atoms with Crippen molar-refractivity contribution >= 4 is 10.0 Å². The maximum Gasteiger partial charge on any atom is 0.218 e. The minimum absolute atomic E-state index is 0.0790. The minimum Gasteiger partial charge on any atom is -0.353 e. The van der Waals surface area contributed by atoms with Gasteiger partial charge in [0.2, 0.25) is 10.0 Å². The van der Waals surface area contributed by atoms with Gasteiger partial charge in [-0.3, -0.25) is 0 Å². The molecule has 0 unspecified atom stereocenters. The van der Waals surface area contributed by atoms with Crippen LogP contribution in [0.5, 0.6) is 0 Å². The first-order valence-corrected chi connectivity index (χ1v) is 9.22. The van der Waals surface area contributed by atoms with Crippen LogP contribution in [-0.4, -0.2) is 23.3 Å². The summed E-state index contributed by atoms with van der Waals surface area (Å²) >= 11 is 0. The number of aryl methyl sites for hydroxylation is 2. The standard InChI is InChI=1S/C17H22N2O2S/c1-14-5-3-6-15(11-14)13-22(20,21)19(16-8-9-16)12-17-7-4-10-18(17)2/h3-7,10-11,16H,8-9,12-13H2,1-2H3. The molecule has 1 aliphatic rings. The molecule has 0 saturated heterocycles. The van der Waals surface area contributed by atoms with Crippen molar-refractivity contribution in [3.8, 4) is 0 Å². The number of nitrogens with zero attached hydrogens (tertiary/aromatic N) is 2. The third-order valence-corrected chi connectivity index (χ3v) is 5.95. The zero-order valence-corrected chi connectivity index (χ0v) is 13.9. The highest BCUT2D eigenvalue weighted by atomic mass is 32.2. The Balaban J connectivity index is 1.82. The van der Waals surface area contributed by atoms with Gasteiger partial charge in [0.05, 0.1) is 12.3 Å². The first-order chi connectivity index (χ1) is 10.5. The van der Waals surface area contributed by atoms with Gasteiger partial charge in [-0.05, 0) is 37.5 Å². The molecule has 1 aromatic heterocycles. The number of benzene rings is 1. The second-order valence-corrected chi connectivity index (χ2v) is 8.05. The van der Waals surface area contributed by atoms with Crippen LogP contribution >= 0.6 is 0 Å². The Morgan fingerprint density at radius 1 is 1.23 bits per heavy atom. The van der Waals surface area contributed by atoms with Gasteiger partial charge in [0.1, 0.15) is 0 Å². The monoisotopic (exact) mass is 318 g/mol. The summed E-state index contributed by atoms with van der Waals surface area (Å²) in [5, 5.41) is 0. The lowest BCUT2D eigenvalue weighted by atomic mass is 10.2. The highest BCUT2D eigenvalue weighted by Crippen LogP contribution is 2.32. The van der Waals surface area contributed by atoms with Crippen molar-refractivity contribution in [2.75, 3.05) is 0 Å². The molecule has 2 aromatic rings. The van der Waals surface area contributed by atoms with E-state index in [1.807, 2.05) is 61.1 Å². The largest absolute Gasteiger partial charge is 0.353 e. The van der Waals surface area contributed by atoms with Crippen molar-refractivity contribution in [3.63, 3.8) is 0 Å². The Hall–Kier alpha value is -1.59. The normalized spacial score (nSPS) is 15.4. The van der Waals surface area contributed by atoms with Crippen LogP contribution < -0.4 is 0 Å². The molecule has 1 aromatic carbocycles.